The van der Waals surface area contributed by atoms with Gasteiger partial charge in [0.05, 0.1) is 0 Å². The molecule has 2 aromatic rings. The van der Waals surface area contributed by atoms with Crippen molar-refractivity contribution in [2.24, 2.45) is 0 Å². The van der Waals surface area contributed by atoms with Crippen LogP contribution in [0.4, 0.5) is 11.6 Å². The van der Waals surface area contributed by atoms with E-state index in [2.05, 4.69) is 43.9 Å². The highest BCUT2D eigenvalue weighted by Crippen LogP contribution is 2.24. The first kappa shape index (κ1) is 15.2. The predicted octanol–water partition coefficient (Wildman–Crippen LogP) is 2.65. The van der Waals surface area contributed by atoms with Crippen LogP contribution in [0.2, 0.25) is 0 Å². The van der Waals surface area contributed by atoms with E-state index in [0.717, 1.165) is 31.3 Å². The van der Waals surface area contributed by atoms with Gasteiger partial charge in [-0.25, -0.2) is 9.97 Å². The molecule has 1 atom stereocenters. The Balaban J connectivity index is 1.59. The molecule has 0 aliphatic carbocycles. The van der Waals surface area contributed by atoms with Crippen molar-refractivity contribution in [3.8, 4) is 0 Å². The minimum absolute atomic E-state index is 0.514. The lowest BCUT2D eigenvalue weighted by atomic mass is 10.2. The SMILES string of the molecule is CNc1cc(N2CCCC2CNCc2sccc2C)ncn1. The summed E-state index contributed by atoms with van der Waals surface area (Å²) in [6.45, 7) is 5.20. The second kappa shape index (κ2) is 7.07. The van der Waals surface area contributed by atoms with Crippen molar-refractivity contribution in [3.05, 3.63) is 34.3 Å². The summed E-state index contributed by atoms with van der Waals surface area (Å²) in [5.41, 5.74) is 1.38. The number of aryl methyl sites for hydroxylation is 1. The molecule has 1 aliphatic heterocycles. The molecule has 0 spiro atoms. The van der Waals surface area contributed by atoms with E-state index < -0.39 is 0 Å². The molecule has 1 fully saturated rings. The summed E-state index contributed by atoms with van der Waals surface area (Å²) < 4.78 is 0. The van der Waals surface area contributed by atoms with Gasteiger partial charge in [-0.2, -0.15) is 0 Å². The van der Waals surface area contributed by atoms with Gasteiger partial charge in [0.1, 0.15) is 18.0 Å². The Morgan fingerprint density at radius 1 is 1.41 bits per heavy atom. The number of nitrogens with one attached hydrogen (secondary N) is 2. The van der Waals surface area contributed by atoms with Gasteiger partial charge in [0.15, 0.2) is 0 Å². The maximum Gasteiger partial charge on any atom is 0.134 e. The maximum atomic E-state index is 4.44. The van der Waals surface area contributed by atoms with Crippen LogP contribution in [0.15, 0.2) is 23.8 Å². The number of rotatable bonds is 6. The molecule has 3 heterocycles. The fourth-order valence-electron chi connectivity index (χ4n) is 2.93. The predicted molar refractivity (Wildman–Crippen MR) is 92.7 cm³/mol. The number of thiophene rings is 1. The van der Waals surface area contributed by atoms with E-state index in [9.17, 15) is 0 Å². The van der Waals surface area contributed by atoms with E-state index in [1.54, 1.807) is 6.33 Å². The Kier molecular flexibility index (Phi) is 4.90. The van der Waals surface area contributed by atoms with E-state index >= 15 is 0 Å². The molecule has 2 aromatic heterocycles. The van der Waals surface area contributed by atoms with Crippen molar-refractivity contribution in [2.45, 2.75) is 32.4 Å². The largest absolute Gasteiger partial charge is 0.373 e. The first-order valence-corrected chi connectivity index (χ1v) is 8.66. The van der Waals surface area contributed by atoms with Crippen molar-refractivity contribution < 1.29 is 0 Å². The number of hydrogen-bond acceptors (Lipinski definition) is 6. The molecule has 5 nitrogen and oxygen atoms in total. The van der Waals surface area contributed by atoms with Gasteiger partial charge >= 0.3 is 0 Å². The average molecular weight is 317 g/mol. The summed E-state index contributed by atoms with van der Waals surface area (Å²) in [4.78, 5) is 12.5. The minimum atomic E-state index is 0.514. The lowest BCUT2D eigenvalue weighted by molar-refractivity contribution is 0.572. The van der Waals surface area contributed by atoms with Crippen LogP contribution in [0, 0.1) is 6.92 Å². The zero-order chi connectivity index (χ0) is 15.4. The Hall–Kier alpha value is -1.66. The number of aromatic nitrogens is 2. The molecule has 0 saturated carbocycles. The third kappa shape index (κ3) is 3.39. The van der Waals surface area contributed by atoms with Crippen molar-refractivity contribution in [1.82, 2.24) is 15.3 Å². The van der Waals surface area contributed by atoms with E-state index in [-0.39, 0.29) is 0 Å². The molecular weight excluding hydrogens is 294 g/mol. The number of anilines is 2. The molecule has 0 radical (unpaired) electrons. The van der Waals surface area contributed by atoms with Crippen molar-refractivity contribution in [3.63, 3.8) is 0 Å². The molecule has 1 aliphatic rings. The molecule has 1 unspecified atom stereocenters. The van der Waals surface area contributed by atoms with Crippen LogP contribution in [0.3, 0.4) is 0 Å². The van der Waals surface area contributed by atoms with Gasteiger partial charge < -0.3 is 15.5 Å². The zero-order valence-corrected chi connectivity index (χ0v) is 14.0. The Morgan fingerprint density at radius 2 is 2.32 bits per heavy atom. The van der Waals surface area contributed by atoms with Crippen molar-refractivity contribution in [1.29, 1.82) is 0 Å². The summed E-state index contributed by atoms with van der Waals surface area (Å²) in [7, 11) is 1.89. The Bertz CT molecular complexity index is 612. The smallest absolute Gasteiger partial charge is 0.134 e. The molecule has 6 heteroatoms. The first-order chi connectivity index (χ1) is 10.8. The summed E-state index contributed by atoms with van der Waals surface area (Å²) in [5, 5.41) is 8.85. The third-order valence-electron chi connectivity index (χ3n) is 4.21. The molecule has 22 heavy (non-hydrogen) atoms. The van der Waals surface area contributed by atoms with Gasteiger partial charge in [0.2, 0.25) is 0 Å². The fourth-order valence-corrected chi connectivity index (χ4v) is 3.80. The molecule has 2 N–H and O–H groups in total. The topological polar surface area (TPSA) is 53.1 Å². The van der Waals surface area contributed by atoms with Crippen molar-refractivity contribution in [2.75, 3.05) is 30.4 Å². The lowest BCUT2D eigenvalue weighted by Crippen LogP contribution is -2.38. The van der Waals surface area contributed by atoms with E-state index in [1.807, 2.05) is 24.5 Å². The molecular formula is C16H23N5S. The minimum Gasteiger partial charge on any atom is -0.373 e. The average Bonchev–Trinajstić information content (AvgIpc) is 3.17. The second-order valence-corrected chi connectivity index (χ2v) is 6.66. The highest BCUT2D eigenvalue weighted by molar-refractivity contribution is 7.10. The Morgan fingerprint density at radius 3 is 3.09 bits per heavy atom. The standard InChI is InChI=1S/C16H23N5S/c1-12-5-7-22-14(12)10-18-9-13-4-3-6-21(13)16-8-15(17-2)19-11-20-16/h5,7-8,11,13,18H,3-4,6,9-10H2,1-2H3,(H,17,19,20). The molecule has 0 amide bonds. The molecule has 118 valence electrons. The monoisotopic (exact) mass is 317 g/mol. The lowest BCUT2D eigenvalue weighted by Gasteiger charge is -2.26. The fraction of sp³-hybridized carbons (Fsp3) is 0.500. The van der Waals surface area contributed by atoms with Crippen LogP contribution in [-0.2, 0) is 6.54 Å². The second-order valence-electron chi connectivity index (χ2n) is 5.66. The van der Waals surface area contributed by atoms with Crippen LogP contribution < -0.4 is 15.5 Å². The molecule has 0 bridgehead atoms. The van der Waals surface area contributed by atoms with Crippen LogP contribution in [0.1, 0.15) is 23.3 Å². The van der Waals surface area contributed by atoms with E-state index in [4.69, 9.17) is 0 Å². The van der Waals surface area contributed by atoms with Crippen LogP contribution in [-0.4, -0.2) is 36.1 Å². The van der Waals surface area contributed by atoms with Crippen LogP contribution >= 0.6 is 11.3 Å². The zero-order valence-electron chi connectivity index (χ0n) is 13.2. The third-order valence-corrected chi connectivity index (χ3v) is 5.24. The quantitative estimate of drug-likeness (QED) is 0.858. The van der Waals surface area contributed by atoms with E-state index in [0.29, 0.717) is 6.04 Å². The summed E-state index contributed by atoms with van der Waals surface area (Å²) in [6.07, 6.45) is 4.08. The number of nitrogens with zero attached hydrogens (tertiary/aromatic N) is 3. The molecule has 3 rings (SSSR count). The first-order valence-electron chi connectivity index (χ1n) is 7.78. The van der Waals surface area contributed by atoms with Crippen molar-refractivity contribution >= 4 is 23.0 Å². The highest BCUT2D eigenvalue weighted by atomic mass is 32.1. The molecule has 0 aromatic carbocycles. The summed E-state index contributed by atoms with van der Waals surface area (Å²) in [5.74, 6) is 1.90. The molecule has 1 saturated heterocycles. The van der Waals surface area contributed by atoms with Crippen LogP contribution in [0.5, 0.6) is 0 Å². The Labute approximate surface area is 135 Å². The normalized spacial score (nSPS) is 17.9. The summed E-state index contributed by atoms with van der Waals surface area (Å²) in [6, 6.07) is 4.73. The number of hydrogen-bond donors (Lipinski definition) is 2. The highest BCUT2D eigenvalue weighted by Gasteiger charge is 2.25. The van der Waals surface area contributed by atoms with Gasteiger partial charge in [0, 0.05) is 43.7 Å². The summed E-state index contributed by atoms with van der Waals surface area (Å²) >= 11 is 1.83. The maximum absolute atomic E-state index is 4.44. The van der Waals surface area contributed by atoms with Gasteiger partial charge in [-0.3, -0.25) is 0 Å². The van der Waals surface area contributed by atoms with E-state index in [1.165, 1.54) is 23.3 Å². The van der Waals surface area contributed by atoms with Gasteiger partial charge in [0.25, 0.3) is 0 Å². The van der Waals surface area contributed by atoms with Gasteiger partial charge in [-0.15, -0.1) is 11.3 Å². The van der Waals surface area contributed by atoms with Gasteiger partial charge in [-0.1, -0.05) is 0 Å². The van der Waals surface area contributed by atoms with Crippen LogP contribution in [0.25, 0.3) is 0 Å². The van der Waals surface area contributed by atoms with Gasteiger partial charge in [-0.05, 0) is 36.8 Å².